The quantitative estimate of drug-likeness (QED) is 0.783. The lowest BCUT2D eigenvalue weighted by atomic mass is 10.1. The van der Waals surface area contributed by atoms with Crippen LogP contribution in [0.15, 0.2) is 36.7 Å². The van der Waals surface area contributed by atoms with E-state index in [2.05, 4.69) is 10.4 Å². The third kappa shape index (κ3) is 5.56. The standard InChI is InChI=1S/C20H26N4O4/c1-15(2)28-18-6-4-3-5-16(18)11-19(25)22-17-12-21-24(13-17)14-20(26)23-7-9-27-10-8-23/h3-6,12-13,15H,7-11,14H2,1-2H3,(H,22,25). The van der Waals surface area contributed by atoms with Crippen molar-refractivity contribution in [1.29, 1.82) is 0 Å². The SMILES string of the molecule is CC(C)Oc1ccccc1CC(=O)Nc1cnn(CC(=O)N2CCOCC2)c1. The molecule has 0 atom stereocenters. The molecule has 2 heterocycles. The van der Waals surface area contributed by atoms with Gasteiger partial charge in [0.2, 0.25) is 11.8 Å². The Morgan fingerprint density at radius 1 is 1.25 bits per heavy atom. The lowest BCUT2D eigenvalue weighted by molar-refractivity contribution is -0.136. The van der Waals surface area contributed by atoms with Crippen LogP contribution in [0.5, 0.6) is 5.75 Å². The fourth-order valence-electron chi connectivity index (χ4n) is 2.96. The van der Waals surface area contributed by atoms with Crippen LogP contribution in [0.2, 0.25) is 0 Å². The fraction of sp³-hybridized carbons (Fsp3) is 0.450. The van der Waals surface area contributed by atoms with E-state index in [0.29, 0.717) is 37.7 Å². The second-order valence-electron chi connectivity index (χ2n) is 6.92. The summed E-state index contributed by atoms with van der Waals surface area (Å²) < 4.78 is 12.5. The Hall–Kier alpha value is -2.87. The van der Waals surface area contributed by atoms with Crippen LogP contribution >= 0.6 is 0 Å². The summed E-state index contributed by atoms with van der Waals surface area (Å²) >= 11 is 0. The highest BCUT2D eigenvalue weighted by molar-refractivity contribution is 5.92. The molecule has 28 heavy (non-hydrogen) atoms. The van der Waals surface area contributed by atoms with Gasteiger partial charge < -0.3 is 19.7 Å². The Kier molecular flexibility index (Phi) is 6.65. The number of aromatic nitrogens is 2. The van der Waals surface area contributed by atoms with Crippen LogP contribution in [0.3, 0.4) is 0 Å². The van der Waals surface area contributed by atoms with Gasteiger partial charge in [0.15, 0.2) is 0 Å². The van der Waals surface area contributed by atoms with E-state index in [9.17, 15) is 9.59 Å². The number of hydrogen-bond donors (Lipinski definition) is 1. The number of anilines is 1. The molecule has 1 aromatic heterocycles. The van der Waals surface area contributed by atoms with Crippen molar-refractivity contribution < 1.29 is 19.1 Å². The number of rotatable bonds is 7. The molecule has 8 nitrogen and oxygen atoms in total. The van der Waals surface area contributed by atoms with Crippen LogP contribution in [0.4, 0.5) is 5.69 Å². The average molecular weight is 386 g/mol. The molecule has 0 spiro atoms. The van der Waals surface area contributed by atoms with E-state index in [-0.39, 0.29) is 30.9 Å². The Morgan fingerprint density at radius 3 is 2.75 bits per heavy atom. The predicted molar refractivity (Wildman–Crippen MR) is 104 cm³/mol. The molecule has 8 heteroatoms. The third-order valence-corrected chi connectivity index (χ3v) is 4.26. The van der Waals surface area contributed by atoms with Crippen LogP contribution in [0.1, 0.15) is 19.4 Å². The van der Waals surface area contributed by atoms with Gasteiger partial charge in [-0.15, -0.1) is 0 Å². The summed E-state index contributed by atoms with van der Waals surface area (Å²) in [6, 6.07) is 7.50. The van der Waals surface area contributed by atoms with E-state index in [1.807, 2.05) is 38.1 Å². The predicted octanol–water partition coefficient (Wildman–Crippen LogP) is 1.71. The topological polar surface area (TPSA) is 85.7 Å². The smallest absolute Gasteiger partial charge is 0.244 e. The molecule has 1 fully saturated rings. The summed E-state index contributed by atoms with van der Waals surface area (Å²) in [6.07, 6.45) is 3.43. The summed E-state index contributed by atoms with van der Waals surface area (Å²) in [5.74, 6) is 0.530. The summed E-state index contributed by atoms with van der Waals surface area (Å²) in [7, 11) is 0. The maximum Gasteiger partial charge on any atom is 0.244 e. The monoisotopic (exact) mass is 386 g/mol. The van der Waals surface area contributed by atoms with Crippen LogP contribution < -0.4 is 10.1 Å². The number of benzene rings is 1. The van der Waals surface area contributed by atoms with E-state index in [4.69, 9.17) is 9.47 Å². The molecule has 0 radical (unpaired) electrons. The van der Waals surface area contributed by atoms with Gasteiger partial charge in [0, 0.05) is 24.8 Å². The maximum atomic E-state index is 12.4. The maximum absolute atomic E-state index is 12.4. The molecule has 3 rings (SSSR count). The minimum atomic E-state index is -0.168. The molecule has 150 valence electrons. The highest BCUT2D eigenvalue weighted by atomic mass is 16.5. The zero-order valence-electron chi connectivity index (χ0n) is 16.3. The van der Waals surface area contributed by atoms with Crippen molar-refractivity contribution in [2.75, 3.05) is 31.6 Å². The van der Waals surface area contributed by atoms with Gasteiger partial charge >= 0.3 is 0 Å². The third-order valence-electron chi connectivity index (χ3n) is 4.26. The molecule has 0 bridgehead atoms. The molecule has 2 aromatic rings. The van der Waals surface area contributed by atoms with Crippen LogP contribution in [-0.4, -0.2) is 58.9 Å². The average Bonchev–Trinajstić information content (AvgIpc) is 3.10. The van der Waals surface area contributed by atoms with Crippen LogP contribution in [-0.2, 0) is 27.3 Å². The normalized spacial score (nSPS) is 14.2. The number of para-hydroxylation sites is 1. The largest absolute Gasteiger partial charge is 0.491 e. The van der Waals surface area contributed by atoms with Gasteiger partial charge in [0.05, 0.1) is 37.6 Å². The van der Waals surface area contributed by atoms with E-state index in [0.717, 1.165) is 5.56 Å². The van der Waals surface area contributed by atoms with Gasteiger partial charge in [0.1, 0.15) is 12.3 Å². The minimum Gasteiger partial charge on any atom is -0.491 e. The second kappa shape index (κ2) is 9.36. The molecule has 1 saturated heterocycles. The van der Waals surface area contributed by atoms with Gasteiger partial charge in [-0.3, -0.25) is 14.3 Å². The number of morpholine rings is 1. The molecule has 0 saturated carbocycles. The molecule has 2 amide bonds. The van der Waals surface area contributed by atoms with E-state index < -0.39 is 0 Å². The van der Waals surface area contributed by atoms with Gasteiger partial charge in [-0.25, -0.2) is 0 Å². The highest BCUT2D eigenvalue weighted by Gasteiger charge is 2.18. The summed E-state index contributed by atoms with van der Waals surface area (Å²) in [4.78, 5) is 26.4. The first-order valence-electron chi connectivity index (χ1n) is 9.43. The van der Waals surface area contributed by atoms with E-state index in [1.165, 1.54) is 4.68 Å². The van der Waals surface area contributed by atoms with Crippen molar-refractivity contribution in [2.45, 2.75) is 32.9 Å². The van der Waals surface area contributed by atoms with Gasteiger partial charge in [-0.1, -0.05) is 18.2 Å². The number of ether oxygens (including phenoxy) is 2. The number of carbonyl (C=O) groups excluding carboxylic acids is 2. The second-order valence-corrected chi connectivity index (χ2v) is 6.92. The number of carbonyl (C=O) groups is 2. The van der Waals surface area contributed by atoms with Crippen LogP contribution in [0.25, 0.3) is 0 Å². The lowest BCUT2D eigenvalue weighted by Gasteiger charge is -2.26. The summed E-state index contributed by atoms with van der Waals surface area (Å²) in [6.45, 7) is 6.36. The van der Waals surface area contributed by atoms with Crippen molar-refractivity contribution in [3.63, 3.8) is 0 Å². The van der Waals surface area contributed by atoms with Gasteiger partial charge in [-0.05, 0) is 19.9 Å². The molecule has 0 aliphatic carbocycles. The molecule has 1 aromatic carbocycles. The van der Waals surface area contributed by atoms with Crippen molar-refractivity contribution in [2.24, 2.45) is 0 Å². The number of nitrogens with zero attached hydrogens (tertiary/aromatic N) is 3. The first-order valence-corrected chi connectivity index (χ1v) is 9.43. The summed E-state index contributed by atoms with van der Waals surface area (Å²) in [5.41, 5.74) is 1.38. The molecule has 1 N–H and O–H groups in total. The Morgan fingerprint density at radius 2 is 2.00 bits per heavy atom. The molecule has 1 aliphatic heterocycles. The van der Waals surface area contributed by atoms with Crippen molar-refractivity contribution >= 4 is 17.5 Å². The Balaban J connectivity index is 1.55. The van der Waals surface area contributed by atoms with Crippen molar-refractivity contribution in [1.82, 2.24) is 14.7 Å². The van der Waals surface area contributed by atoms with E-state index in [1.54, 1.807) is 17.3 Å². The Labute approximate surface area is 164 Å². The van der Waals surface area contributed by atoms with Crippen molar-refractivity contribution in [3.05, 3.63) is 42.2 Å². The van der Waals surface area contributed by atoms with Gasteiger partial charge in [-0.2, -0.15) is 5.10 Å². The fourth-order valence-corrected chi connectivity index (χ4v) is 2.96. The minimum absolute atomic E-state index is 0.0101. The zero-order chi connectivity index (χ0) is 19.9. The molecule has 1 aliphatic rings. The Bertz CT molecular complexity index is 812. The van der Waals surface area contributed by atoms with Crippen LogP contribution in [0, 0.1) is 0 Å². The molecular weight excluding hydrogens is 360 g/mol. The number of hydrogen-bond acceptors (Lipinski definition) is 5. The number of nitrogens with one attached hydrogen (secondary N) is 1. The van der Waals surface area contributed by atoms with E-state index >= 15 is 0 Å². The van der Waals surface area contributed by atoms with Gasteiger partial charge in [0.25, 0.3) is 0 Å². The highest BCUT2D eigenvalue weighted by Crippen LogP contribution is 2.20. The molecular formula is C20H26N4O4. The summed E-state index contributed by atoms with van der Waals surface area (Å²) in [5, 5.41) is 6.99. The zero-order valence-corrected chi connectivity index (χ0v) is 16.3. The van der Waals surface area contributed by atoms with Crippen molar-refractivity contribution in [3.8, 4) is 5.75 Å². The lowest BCUT2D eigenvalue weighted by Crippen LogP contribution is -2.42. The first-order chi connectivity index (χ1) is 13.5. The molecule has 0 unspecified atom stereocenters. The first kappa shape index (κ1) is 19.9. The number of amides is 2.